The predicted octanol–water partition coefficient (Wildman–Crippen LogP) is 4.18. The summed E-state index contributed by atoms with van der Waals surface area (Å²) < 4.78 is 37.0. The fourth-order valence-electron chi connectivity index (χ4n) is 2.32. The highest BCUT2D eigenvalue weighted by Crippen LogP contribution is 2.22. The first-order valence-corrected chi connectivity index (χ1v) is 8.15. The van der Waals surface area contributed by atoms with Crippen LogP contribution in [-0.4, -0.2) is 38.7 Å². The molecule has 1 unspecified atom stereocenters. The van der Waals surface area contributed by atoms with Gasteiger partial charge in [0.2, 0.25) is 0 Å². The van der Waals surface area contributed by atoms with Crippen molar-refractivity contribution in [2.45, 2.75) is 12.5 Å². The summed E-state index contributed by atoms with van der Waals surface area (Å²) in [5.41, 5.74) is 0.973. The van der Waals surface area contributed by atoms with Crippen LogP contribution in [0.3, 0.4) is 0 Å². The van der Waals surface area contributed by atoms with Gasteiger partial charge in [-0.2, -0.15) is 0 Å². The van der Waals surface area contributed by atoms with Gasteiger partial charge in [-0.3, -0.25) is 0 Å². The third kappa shape index (κ3) is 6.69. The number of nitrogens with one attached hydrogen (secondary N) is 1. The zero-order valence-corrected chi connectivity index (χ0v) is 16.2. The van der Waals surface area contributed by atoms with Gasteiger partial charge in [0.25, 0.3) is 0 Å². The van der Waals surface area contributed by atoms with Gasteiger partial charge in [0.05, 0.1) is 6.61 Å². The quantitative estimate of drug-likeness (QED) is 0.757. The van der Waals surface area contributed by atoms with E-state index in [4.69, 9.17) is 9.47 Å². The molecule has 8 heteroatoms. The normalized spacial score (nSPS) is 11.3. The van der Waals surface area contributed by atoms with Crippen molar-refractivity contribution in [1.29, 1.82) is 0 Å². The van der Waals surface area contributed by atoms with Gasteiger partial charge in [-0.15, -0.1) is 12.4 Å². The van der Waals surface area contributed by atoms with E-state index < -0.39 is 17.7 Å². The van der Waals surface area contributed by atoms with Gasteiger partial charge in [-0.1, -0.05) is 12.1 Å². The summed E-state index contributed by atoms with van der Waals surface area (Å²) in [7, 11) is 5.03. The van der Waals surface area contributed by atoms with Crippen molar-refractivity contribution in [3.63, 3.8) is 0 Å². The van der Waals surface area contributed by atoms with E-state index in [1.165, 1.54) is 11.0 Å². The Labute approximate surface area is 163 Å². The van der Waals surface area contributed by atoms with Crippen LogP contribution in [0.1, 0.15) is 18.0 Å². The van der Waals surface area contributed by atoms with Gasteiger partial charge in [0, 0.05) is 32.6 Å². The minimum atomic E-state index is -0.724. The van der Waals surface area contributed by atoms with Crippen molar-refractivity contribution in [3.8, 4) is 11.5 Å². The summed E-state index contributed by atoms with van der Waals surface area (Å²) in [4.78, 5) is 12.9. The molecule has 27 heavy (non-hydrogen) atoms. The maximum Gasteiger partial charge on any atom is 0.414 e. The molecule has 0 bridgehead atoms. The summed E-state index contributed by atoms with van der Waals surface area (Å²) >= 11 is 0. The Morgan fingerprint density at radius 1 is 1.15 bits per heavy atom. The van der Waals surface area contributed by atoms with E-state index in [-0.39, 0.29) is 30.8 Å². The summed E-state index contributed by atoms with van der Waals surface area (Å²) in [6.45, 7) is 0.255. The van der Waals surface area contributed by atoms with Crippen molar-refractivity contribution in [1.82, 2.24) is 10.2 Å². The first-order chi connectivity index (χ1) is 12.4. The first-order valence-electron chi connectivity index (χ1n) is 8.15. The van der Waals surface area contributed by atoms with Crippen LogP contribution in [0, 0.1) is 11.6 Å². The van der Waals surface area contributed by atoms with Gasteiger partial charge in [0.15, 0.2) is 11.6 Å². The Morgan fingerprint density at radius 2 is 1.81 bits per heavy atom. The number of rotatable bonds is 7. The van der Waals surface area contributed by atoms with Gasteiger partial charge in [0.1, 0.15) is 11.6 Å². The fraction of sp³-hybridized carbons (Fsp3) is 0.316. The SMILES string of the molecule is CNC(CCOc1ccc(F)cc1F)c1ccc(OC(=O)N(C)C)cc1.Cl. The van der Waals surface area contributed by atoms with Crippen LogP contribution in [0.25, 0.3) is 0 Å². The monoisotopic (exact) mass is 400 g/mol. The van der Waals surface area contributed by atoms with Crippen LogP contribution in [0.2, 0.25) is 0 Å². The Hall–Kier alpha value is -2.38. The smallest absolute Gasteiger partial charge is 0.414 e. The zero-order valence-electron chi connectivity index (χ0n) is 15.4. The number of nitrogens with zero attached hydrogens (tertiary/aromatic N) is 1. The largest absolute Gasteiger partial charge is 0.490 e. The standard InChI is InChI=1S/C19H22F2N2O3.ClH/c1-22-17(10-11-25-18-9-6-14(20)12-16(18)21)13-4-7-15(8-5-13)26-19(24)23(2)3;/h4-9,12,17,22H,10-11H2,1-3H3;1H. The number of halogens is 3. The summed E-state index contributed by atoms with van der Waals surface area (Å²) in [6, 6.07) is 10.3. The zero-order chi connectivity index (χ0) is 19.1. The van der Waals surface area contributed by atoms with Crippen molar-refractivity contribution >= 4 is 18.5 Å². The lowest BCUT2D eigenvalue weighted by Gasteiger charge is -2.18. The molecule has 0 aliphatic carbocycles. The van der Waals surface area contributed by atoms with E-state index in [0.717, 1.165) is 17.7 Å². The van der Waals surface area contributed by atoms with Crippen molar-refractivity contribution < 1.29 is 23.0 Å². The number of hydrogen-bond donors (Lipinski definition) is 1. The van der Waals surface area contributed by atoms with Gasteiger partial charge >= 0.3 is 6.09 Å². The maximum absolute atomic E-state index is 13.6. The molecule has 5 nitrogen and oxygen atoms in total. The molecular formula is C19H23ClF2N2O3. The molecule has 0 spiro atoms. The van der Waals surface area contributed by atoms with Crippen LogP contribution < -0.4 is 14.8 Å². The molecule has 2 aromatic rings. The molecule has 1 N–H and O–H groups in total. The second-order valence-electron chi connectivity index (χ2n) is 5.88. The molecule has 0 aliphatic rings. The first kappa shape index (κ1) is 22.7. The molecule has 1 amide bonds. The molecule has 148 valence electrons. The minimum Gasteiger partial charge on any atom is -0.490 e. The molecule has 2 aromatic carbocycles. The lowest BCUT2D eigenvalue weighted by molar-refractivity contribution is 0.172. The topological polar surface area (TPSA) is 50.8 Å². The van der Waals surface area contributed by atoms with Crippen molar-refractivity contribution in [2.75, 3.05) is 27.7 Å². The Kier molecular flexibility index (Phi) is 8.97. The number of hydrogen-bond acceptors (Lipinski definition) is 4. The second-order valence-corrected chi connectivity index (χ2v) is 5.88. The highest BCUT2D eigenvalue weighted by molar-refractivity contribution is 5.85. The molecule has 0 fully saturated rings. The predicted molar refractivity (Wildman–Crippen MR) is 102 cm³/mol. The van der Waals surface area contributed by atoms with Gasteiger partial charge in [-0.05, 0) is 36.9 Å². The minimum absolute atomic E-state index is 0. The summed E-state index contributed by atoms with van der Waals surface area (Å²) in [5, 5.41) is 3.16. The van der Waals surface area contributed by atoms with Gasteiger partial charge in [-0.25, -0.2) is 13.6 Å². The van der Waals surface area contributed by atoms with E-state index >= 15 is 0 Å². The van der Waals surface area contributed by atoms with E-state index in [0.29, 0.717) is 12.2 Å². The summed E-state index contributed by atoms with van der Waals surface area (Å²) in [5.74, 6) is -0.893. The van der Waals surface area contributed by atoms with Crippen molar-refractivity contribution in [2.24, 2.45) is 0 Å². The number of carbonyl (C=O) groups excluding carboxylic acids is 1. The Bertz CT molecular complexity index is 742. The van der Waals surface area contributed by atoms with Gasteiger partial charge < -0.3 is 19.7 Å². The molecule has 0 radical (unpaired) electrons. The molecule has 0 saturated carbocycles. The number of amides is 1. The van der Waals surface area contributed by atoms with E-state index in [1.54, 1.807) is 26.2 Å². The average Bonchev–Trinajstić information content (AvgIpc) is 2.61. The molecule has 0 aromatic heterocycles. The van der Waals surface area contributed by atoms with Crippen LogP contribution in [0.4, 0.5) is 13.6 Å². The van der Waals surface area contributed by atoms with E-state index in [9.17, 15) is 13.6 Å². The van der Waals surface area contributed by atoms with E-state index in [2.05, 4.69) is 5.32 Å². The molecule has 0 heterocycles. The third-order valence-electron chi connectivity index (χ3n) is 3.76. The highest BCUT2D eigenvalue weighted by Gasteiger charge is 2.12. The molecule has 0 saturated heterocycles. The third-order valence-corrected chi connectivity index (χ3v) is 3.76. The van der Waals surface area contributed by atoms with Crippen LogP contribution in [0.5, 0.6) is 11.5 Å². The van der Waals surface area contributed by atoms with Crippen molar-refractivity contribution in [3.05, 3.63) is 59.7 Å². The fourth-order valence-corrected chi connectivity index (χ4v) is 2.32. The Balaban J connectivity index is 0.00000364. The number of ether oxygens (including phenoxy) is 2. The maximum atomic E-state index is 13.6. The van der Waals surface area contributed by atoms with Crippen LogP contribution in [0.15, 0.2) is 42.5 Å². The van der Waals surface area contributed by atoms with Crippen LogP contribution >= 0.6 is 12.4 Å². The van der Waals surface area contributed by atoms with Crippen LogP contribution in [-0.2, 0) is 0 Å². The molecule has 0 aliphatic heterocycles. The highest BCUT2D eigenvalue weighted by atomic mass is 35.5. The Morgan fingerprint density at radius 3 is 2.37 bits per heavy atom. The molecule has 2 rings (SSSR count). The molecule has 1 atom stereocenters. The van der Waals surface area contributed by atoms with E-state index in [1.807, 2.05) is 19.2 Å². The lowest BCUT2D eigenvalue weighted by Crippen LogP contribution is -2.25. The number of carbonyl (C=O) groups is 1. The lowest BCUT2D eigenvalue weighted by atomic mass is 10.0. The second kappa shape index (κ2) is 10.7. The number of benzene rings is 2. The molecular weight excluding hydrogens is 378 g/mol. The average molecular weight is 401 g/mol. The summed E-state index contributed by atoms with van der Waals surface area (Å²) in [6.07, 6.45) is 0.127.